The number of hydrogen-bond donors (Lipinski definition) is 0. The number of rotatable bonds is 8. The number of fused-ring (bicyclic) bond motifs is 2. The van der Waals surface area contributed by atoms with Crippen LogP contribution in [0, 0.1) is 0 Å². The van der Waals surface area contributed by atoms with E-state index >= 15 is 0 Å². The lowest BCUT2D eigenvalue weighted by Gasteiger charge is -2.31. The van der Waals surface area contributed by atoms with Gasteiger partial charge in [-0.05, 0) is 105 Å². The minimum atomic E-state index is -1.89. The molecule has 0 aliphatic carbocycles. The Balaban J connectivity index is 1.54. The third-order valence-corrected chi connectivity index (χ3v) is 12.8. The van der Waals surface area contributed by atoms with Crippen molar-refractivity contribution in [3.63, 3.8) is 0 Å². The first-order valence-corrected chi connectivity index (χ1v) is 23.4. The van der Waals surface area contributed by atoms with Gasteiger partial charge < -0.3 is 9.80 Å². The largest absolute Gasteiger partial charge is 0.307 e. The van der Waals surface area contributed by atoms with Crippen molar-refractivity contribution in [3.8, 4) is 0 Å². The predicted molar refractivity (Wildman–Crippen MR) is 208 cm³/mol. The van der Waals surface area contributed by atoms with Crippen LogP contribution in [0.25, 0.3) is 21.5 Å². The van der Waals surface area contributed by atoms with Crippen molar-refractivity contribution >= 4 is 82.2 Å². The van der Waals surface area contributed by atoms with Crippen LogP contribution < -0.4 is 20.2 Å². The van der Waals surface area contributed by atoms with E-state index in [4.69, 9.17) is 0 Å². The van der Waals surface area contributed by atoms with Gasteiger partial charge >= 0.3 is 0 Å². The van der Waals surface area contributed by atoms with E-state index in [0.29, 0.717) is 0 Å². The van der Waals surface area contributed by atoms with Gasteiger partial charge in [-0.3, -0.25) is 19.9 Å². The van der Waals surface area contributed by atoms with Crippen molar-refractivity contribution in [2.24, 2.45) is 0 Å². The first-order chi connectivity index (χ1) is 23.1. The summed E-state index contributed by atoms with van der Waals surface area (Å²) in [7, 11) is -3.79. The van der Waals surface area contributed by atoms with E-state index in [1.165, 1.54) is 31.9 Å². The number of pyridine rings is 4. The average Bonchev–Trinajstić information content (AvgIpc) is 3.08. The molecule has 0 saturated carbocycles. The molecule has 0 aliphatic rings. The molecule has 3 aromatic carbocycles. The summed E-state index contributed by atoms with van der Waals surface area (Å²) < 4.78 is 0. The molecule has 0 amide bonds. The number of hydrogen-bond acceptors (Lipinski definition) is 6. The van der Waals surface area contributed by atoms with E-state index in [1.54, 1.807) is 0 Å². The maximum atomic E-state index is 4.47. The van der Waals surface area contributed by atoms with Gasteiger partial charge in [-0.15, -0.1) is 0 Å². The van der Waals surface area contributed by atoms with Crippen LogP contribution in [0.5, 0.6) is 0 Å². The molecular formula is C40H40N6Si2. The third-order valence-electron chi connectivity index (χ3n) is 8.72. The molecule has 0 bridgehead atoms. The van der Waals surface area contributed by atoms with E-state index in [0.717, 1.165) is 34.1 Å². The van der Waals surface area contributed by atoms with Gasteiger partial charge in [0.25, 0.3) is 0 Å². The summed E-state index contributed by atoms with van der Waals surface area (Å²) in [5.74, 6) is 0. The van der Waals surface area contributed by atoms with E-state index in [-0.39, 0.29) is 0 Å². The number of nitrogens with zero attached hydrogens (tertiary/aromatic N) is 6. The van der Waals surface area contributed by atoms with Crippen LogP contribution in [0.3, 0.4) is 0 Å². The Morgan fingerprint density at radius 1 is 0.375 bits per heavy atom. The minimum Gasteiger partial charge on any atom is -0.307 e. The van der Waals surface area contributed by atoms with Crippen molar-refractivity contribution in [1.82, 2.24) is 19.9 Å². The Morgan fingerprint density at radius 2 is 0.688 bits per heavy atom. The molecule has 4 aromatic heterocycles. The normalized spacial score (nSPS) is 12.0. The fraction of sp³-hybridized carbons (Fsp3) is 0.150. The fourth-order valence-corrected chi connectivity index (χ4v) is 11.0. The monoisotopic (exact) mass is 660 g/mol. The van der Waals surface area contributed by atoms with Gasteiger partial charge in [0, 0.05) is 36.2 Å². The molecule has 4 heterocycles. The zero-order valence-corrected chi connectivity index (χ0v) is 30.4. The summed E-state index contributed by atoms with van der Waals surface area (Å²) in [5, 5.41) is 8.36. The summed E-state index contributed by atoms with van der Waals surface area (Å²) in [5.41, 5.74) is 6.20. The molecule has 0 unspecified atom stereocenters. The highest BCUT2D eigenvalue weighted by molar-refractivity contribution is 6.95. The topological polar surface area (TPSA) is 58.0 Å². The molecule has 7 rings (SSSR count). The van der Waals surface area contributed by atoms with Crippen molar-refractivity contribution in [2.75, 3.05) is 9.80 Å². The highest BCUT2D eigenvalue weighted by Crippen LogP contribution is 2.39. The maximum absolute atomic E-state index is 4.47. The lowest BCUT2D eigenvalue weighted by atomic mass is 10.0. The average molecular weight is 661 g/mol. The summed E-state index contributed by atoms with van der Waals surface area (Å²) in [6, 6.07) is 30.5. The first kappa shape index (κ1) is 31.4. The van der Waals surface area contributed by atoms with E-state index in [1.807, 2.05) is 73.8 Å². The lowest BCUT2D eigenvalue weighted by molar-refractivity contribution is 1.20. The smallest absolute Gasteiger partial charge is 0.0792 e. The van der Waals surface area contributed by atoms with Gasteiger partial charge in [0.15, 0.2) is 0 Å². The standard InChI is InChI=1S/C40H40N6Si2/c1-47(2,3)39-35-17-15-30(46(33-13-9-21-43-27-33)34-14-10-22-44-28-34)24-38(35)40(48(4,5)6)36-18-16-29(23-37(36)39)45(31-11-7-19-41-25-31)32-12-8-20-42-26-32/h7-28H,1-6H3. The SMILES string of the molecule is C[Si](C)(C)c1c2ccc(N(c3cccnc3)c3cccnc3)cc2c([Si](C)(C)C)c2ccc(N(c3cccnc3)c3cccnc3)cc12. The van der Waals surface area contributed by atoms with Crippen LogP contribution in [-0.4, -0.2) is 36.1 Å². The predicted octanol–water partition coefficient (Wildman–Crippen LogP) is 9.60. The van der Waals surface area contributed by atoms with Crippen molar-refractivity contribution in [1.29, 1.82) is 0 Å². The Hall–Kier alpha value is -5.19. The molecule has 0 spiro atoms. The van der Waals surface area contributed by atoms with Gasteiger partial charge in [0.05, 0.1) is 63.7 Å². The van der Waals surface area contributed by atoms with Crippen LogP contribution in [0.15, 0.2) is 135 Å². The second-order valence-electron chi connectivity index (χ2n) is 14.2. The maximum Gasteiger partial charge on any atom is 0.0792 e. The summed E-state index contributed by atoms with van der Waals surface area (Å²) in [6.07, 6.45) is 14.9. The Bertz CT molecular complexity index is 1960. The molecule has 0 aliphatic heterocycles. The van der Waals surface area contributed by atoms with Crippen LogP contribution in [0.1, 0.15) is 0 Å². The molecule has 0 atom stereocenters. The summed E-state index contributed by atoms with van der Waals surface area (Å²) in [4.78, 5) is 22.4. The Labute approximate surface area is 284 Å². The quantitative estimate of drug-likeness (QED) is 0.120. The number of aromatic nitrogens is 4. The number of benzene rings is 3. The van der Waals surface area contributed by atoms with E-state index in [9.17, 15) is 0 Å². The van der Waals surface area contributed by atoms with Gasteiger partial charge in [-0.2, -0.15) is 0 Å². The van der Waals surface area contributed by atoms with Crippen LogP contribution in [0.4, 0.5) is 34.1 Å². The van der Waals surface area contributed by atoms with Crippen LogP contribution in [0.2, 0.25) is 39.3 Å². The molecule has 0 fully saturated rings. The molecule has 8 heteroatoms. The number of anilines is 6. The molecule has 0 radical (unpaired) electrons. The highest BCUT2D eigenvalue weighted by Gasteiger charge is 2.30. The third kappa shape index (κ3) is 5.89. The van der Waals surface area contributed by atoms with Crippen molar-refractivity contribution in [3.05, 3.63) is 135 Å². The molecule has 0 saturated heterocycles. The Kier molecular flexibility index (Phi) is 8.14. The van der Waals surface area contributed by atoms with Gasteiger partial charge in [0.2, 0.25) is 0 Å². The molecule has 7 aromatic rings. The second kappa shape index (κ2) is 12.4. The molecule has 6 nitrogen and oxygen atoms in total. The van der Waals surface area contributed by atoms with Gasteiger partial charge in [-0.25, -0.2) is 0 Å². The molecular weight excluding hydrogens is 621 g/mol. The zero-order valence-electron chi connectivity index (χ0n) is 28.4. The van der Waals surface area contributed by atoms with E-state index in [2.05, 4.69) is 130 Å². The van der Waals surface area contributed by atoms with Crippen LogP contribution in [-0.2, 0) is 0 Å². The Morgan fingerprint density at radius 3 is 0.938 bits per heavy atom. The van der Waals surface area contributed by atoms with Crippen molar-refractivity contribution < 1.29 is 0 Å². The second-order valence-corrected chi connectivity index (χ2v) is 24.2. The van der Waals surface area contributed by atoms with Gasteiger partial charge in [0.1, 0.15) is 0 Å². The fourth-order valence-electron chi connectivity index (χ4n) is 6.94. The molecule has 0 N–H and O–H groups in total. The molecule has 48 heavy (non-hydrogen) atoms. The lowest BCUT2D eigenvalue weighted by Crippen LogP contribution is -2.44. The van der Waals surface area contributed by atoms with Gasteiger partial charge in [-0.1, -0.05) is 51.4 Å². The highest BCUT2D eigenvalue weighted by atomic mass is 28.3. The first-order valence-electron chi connectivity index (χ1n) is 16.4. The summed E-state index contributed by atoms with van der Waals surface area (Å²) >= 11 is 0. The van der Waals surface area contributed by atoms with E-state index < -0.39 is 16.1 Å². The van der Waals surface area contributed by atoms with Crippen molar-refractivity contribution in [2.45, 2.75) is 39.3 Å². The van der Waals surface area contributed by atoms with Crippen LogP contribution >= 0.6 is 0 Å². The minimum absolute atomic E-state index is 1.00. The summed E-state index contributed by atoms with van der Waals surface area (Å²) in [6.45, 7) is 14.8. The molecule has 238 valence electrons. The zero-order chi connectivity index (χ0) is 33.5.